The predicted molar refractivity (Wildman–Crippen MR) is 93.5 cm³/mol. The number of esters is 2. The minimum atomic E-state index is -0.500. The summed E-state index contributed by atoms with van der Waals surface area (Å²) in [6.07, 6.45) is 0. The van der Waals surface area contributed by atoms with Gasteiger partial charge in [0.25, 0.3) is 0 Å². The van der Waals surface area contributed by atoms with Crippen LogP contribution in [0.25, 0.3) is 0 Å². The van der Waals surface area contributed by atoms with E-state index in [1.807, 2.05) is 4.90 Å². The van der Waals surface area contributed by atoms with Gasteiger partial charge in [-0.15, -0.1) is 0 Å². The Morgan fingerprint density at radius 2 is 1.79 bits per heavy atom. The number of hydrogen-bond donors (Lipinski definition) is 2. The number of nitrogens with one attached hydrogen (secondary N) is 2. The molecule has 1 fully saturated rings. The van der Waals surface area contributed by atoms with E-state index in [0.29, 0.717) is 21.9 Å². The molecule has 1 aliphatic heterocycles. The highest BCUT2D eigenvalue weighted by molar-refractivity contribution is 7.80. The number of carbonyl (C=O) groups is 2. The molecule has 1 saturated heterocycles. The second kappa shape index (κ2) is 8.07. The molecule has 0 amide bonds. The van der Waals surface area contributed by atoms with E-state index in [2.05, 4.69) is 12.4 Å². The molecule has 0 saturated carbocycles. The Bertz CT molecular complexity index is 642. The fourth-order valence-electron chi connectivity index (χ4n) is 2.47. The van der Waals surface area contributed by atoms with Crippen molar-refractivity contribution in [2.75, 3.05) is 52.8 Å². The maximum atomic E-state index is 11.9. The predicted octanol–water partition coefficient (Wildman–Crippen LogP) is -0.213. The summed E-state index contributed by atoms with van der Waals surface area (Å²) in [7, 11) is 4.76. The van der Waals surface area contributed by atoms with Crippen molar-refractivity contribution in [2.45, 2.75) is 0 Å². The Labute approximate surface area is 146 Å². The van der Waals surface area contributed by atoms with E-state index in [9.17, 15) is 9.59 Å². The van der Waals surface area contributed by atoms with E-state index in [-0.39, 0.29) is 0 Å². The number of carbonyl (C=O) groups excluding carboxylic acids is 2. The molecule has 0 bridgehead atoms. The van der Waals surface area contributed by atoms with Crippen LogP contribution >= 0.6 is 12.2 Å². The Kier molecular flexibility index (Phi) is 6.10. The number of thiocarbonyl (C=S) groups is 1. The third-order valence-corrected chi connectivity index (χ3v) is 4.35. The number of rotatable bonds is 3. The number of methoxy groups -OCH3 is 2. The Morgan fingerprint density at radius 3 is 2.38 bits per heavy atom. The van der Waals surface area contributed by atoms with E-state index in [0.717, 1.165) is 26.2 Å². The van der Waals surface area contributed by atoms with Gasteiger partial charge in [-0.3, -0.25) is 0 Å². The van der Waals surface area contributed by atoms with Crippen molar-refractivity contribution in [3.8, 4) is 0 Å². The summed E-state index contributed by atoms with van der Waals surface area (Å²) >= 11 is 5.45. The molecule has 0 atom stereocenters. The molecule has 8 heteroatoms. The highest BCUT2D eigenvalue weighted by atomic mass is 32.1. The van der Waals surface area contributed by atoms with Crippen LogP contribution < -0.4 is 10.2 Å². The van der Waals surface area contributed by atoms with Gasteiger partial charge in [-0.25, -0.2) is 9.59 Å². The summed E-state index contributed by atoms with van der Waals surface area (Å²) < 4.78 is 9.51. The van der Waals surface area contributed by atoms with Gasteiger partial charge < -0.3 is 24.6 Å². The number of nitrogens with zero attached hydrogens (tertiary/aromatic N) is 1. The van der Waals surface area contributed by atoms with Crippen LogP contribution in [0.2, 0.25) is 0 Å². The highest BCUT2D eigenvalue weighted by Gasteiger charge is 2.21. The van der Waals surface area contributed by atoms with E-state index in [1.54, 1.807) is 6.07 Å². The number of quaternary nitrogens is 1. The molecule has 1 aromatic rings. The standard InChI is InChI=1S/C16H21N3O4S/c1-18-6-8-19(9-7-18)16(24)17-13-10-11(14(20)22-2)4-5-12(13)15(21)23-3/h4-5,10H,6-9H2,1-3H3,(H,17,24)/p+1. The van der Waals surface area contributed by atoms with Crippen LogP contribution in [-0.4, -0.2) is 69.4 Å². The summed E-state index contributed by atoms with van der Waals surface area (Å²) in [5.74, 6) is -0.983. The molecule has 130 valence electrons. The van der Waals surface area contributed by atoms with Crippen molar-refractivity contribution in [1.29, 1.82) is 0 Å². The molecule has 2 N–H and O–H groups in total. The lowest BCUT2D eigenvalue weighted by atomic mass is 10.1. The first-order chi connectivity index (χ1) is 11.5. The van der Waals surface area contributed by atoms with Crippen molar-refractivity contribution in [3.63, 3.8) is 0 Å². The Balaban J connectivity index is 2.23. The number of piperazine rings is 1. The Morgan fingerprint density at radius 1 is 1.17 bits per heavy atom. The lowest BCUT2D eigenvalue weighted by Crippen LogP contribution is -3.12. The average Bonchev–Trinajstić information content (AvgIpc) is 2.60. The number of ether oxygens (including phenoxy) is 2. The van der Waals surface area contributed by atoms with Crippen molar-refractivity contribution < 1.29 is 24.0 Å². The second-order valence-electron chi connectivity index (χ2n) is 5.62. The summed E-state index contributed by atoms with van der Waals surface area (Å²) in [5.41, 5.74) is 1.08. The van der Waals surface area contributed by atoms with Crippen LogP contribution in [0.15, 0.2) is 18.2 Å². The lowest BCUT2D eigenvalue weighted by Gasteiger charge is -2.32. The van der Waals surface area contributed by atoms with Gasteiger partial charge in [-0.05, 0) is 30.4 Å². The molecule has 1 heterocycles. The SMILES string of the molecule is COC(=O)c1ccc(C(=O)OC)c(NC(=S)N2CC[NH+](C)CC2)c1. The van der Waals surface area contributed by atoms with Crippen LogP contribution in [-0.2, 0) is 9.47 Å². The number of hydrogen-bond acceptors (Lipinski definition) is 5. The van der Waals surface area contributed by atoms with Crippen LogP contribution in [0.3, 0.4) is 0 Å². The quantitative estimate of drug-likeness (QED) is 0.576. The van der Waals surface area contributed by atoms with Gasteiger partial charge >= 0.3 is 11.9 Å². The highest BCUT2D eigenvalue weighted by Crippen LogP contribution is 2.20. The molecule has 0 unspecified atom stereocenters. The molecule has 0 radical (unpaired) electrons. The topological polar surface area (TPSA) is 72.3 Å². The van der Waals surface area contributed by atoms with Crippen molar-refractivity contribution in [1.82, 2.24) is 4.90 Å². The Hall–Kier alpha value is -2.19. The monoisotopic (exact) mass is 352 g/mol. The smallest absolute Gasteiger partial charge is 0.339 e. The summed E-state index contributed by atoms with van der Waals surface area (Å²) in [6.45, 7) is 3.66. The number of likely N-dealkylation sites (N-methyl/N-ethyl adjacent to an activating group) is 1. The molecule has 0 aliphatic carbocycles. The molecular formula is C16H22N3O4S+. The van der Waals surface area contributed by atoms with Crippen LogP contribution in [0.4, 0.5) is 5.69 Å². The first-order valence-electron chi connectivity index (χ1n) is 7.64. The molecule has 7 nitrogen and oxygen atoms in total. The van der Waals surface area contributed by atoms with Crippen molar-refractivity contribution in [2.24, 2.45) is 0 Å². The van der Waals surface area contributed by atoms with Crippen molar-refractivity contribution >= 4 is 35.0 Å². The van der Waals surface area contributed by atoms with Gasteiger partial charge in [0.2, 0.25) is 0 Å². The number of anilines is 1. The van der Waals surface area contributed by atoms with Gasteiger partial charge in [-0.2, -0.15) is 0 Å². The fraction of sp³-hybridized carbons (Fsp3) is 0.438. The van der Waals surface area contributed by atoms with E-state index < -0.39 is 11.9 Å². The van der Waals surface area contributed by atoms with E-state index >= 15 is 0 Å². The summed E-state index contributed by atoms with van der Waals surface area (Å²) in [5, 5.41) is 3.59. The lowest BCUT2D eigenvalue weighted by molar-refractivity contribution is -0.883. The molecule has 0 spiro atoms. The van der Waals surface area contributed by atoms with Gasteiger partial charge in [0, 0.05) is 0 Å². The minimum Gasteiger partial charge on any atom is -0.465 e. The molecule has 2 rings (SSSR count). The molecule has 1 aliphatic rings. The zero-order chi connectivity index (χ0) is 17.7. The minimum absolute atomic E-state index is 0.312. The van der Waals surface area contributed by atoms with Crippen LogP contribution in [0, 0.1) is 0 Å². The van der Waals surface area contributed by atoms with E-state index in [4.69, 9.17) is 21.7 Å². The van der Waals surface area contributed by atoms with Crippen LogP contribution in [0.1, 0.15) is 20.7 Å². The second-order valence-corrected chi connectivity index (χ2v) is 6.00. The zero-order valence-corrected chi connectivity index (χ0v) is 14.9. The normalized spacial score (nSPS) is 14.9. The van der Waals surface area contributed by atoms with Crippen molar-refractivity contribution in [3.05, 3.63) is 29.3 Å². The fourth-order valence-corrected chi connectivity index (χ4v) is 2.76. The first kappa shape index (κ1) is 18.2. The summed E-state index contributed by atoms with van der Waals surface area (Å²) in [6, 6.07) is 4.59. The molecule has 1 aromatic carbocycles. The van der Waals surface area contributed by atoms with Gasteiger partial charge in [0.15, 0.2) is 5.11 Å². The zero-order valence-electron chi connectivity index (χ0n) is 14.0. The maximum absolute atomic E-state index is 11.9. The van der Waals surface area contributed by atoms with Gasteiger partial charge in [-0.1, -0.05) is 0 Å². The van der Waals surface area contributed by atoms with Crippen LogP contribution in [0.5, 0.6) is 0 Å². The van der Waals surface area contributed by atoms with Gasteiger partial charge in [0.1, 0.15) is 0 Å². The largest absolute Gasteiger partial charge is 0.465 e. The molecular weight excluding hydrogens is 330 g/mol. The third-order valence-electron chi connectivity index (χ3n) is 3.99. The molecule has 24 heavy (non-hydrogen) atoms. The average molecular weight is 352 g/mol. The first-order valence-corrected chi connectivity index (χ1v) is 8.05. The maximum Gasteiger partial charge on any atom is 0.339 e. The summed E-state index contributed by atoms with van der Waals surface area (Å²) in [4.78, 5) is 27.2. The van der Waals surface area contributed by atoms with E-state index in [1.165, 1.54) is 31.3 Å². The number of benzene rings is 1. The third kappa shape index (κ3) is 4.21. The van der Waals surface area contributed by atoms with Gasteiger partial charge in [0.05, 0.1) is 64.3 Å². The molecule has 0 aromatic heterocycles.